The number of ether oxygens (including phenoxy) is 1. The molecule has 21 heavy (non-hydrogen) atoms. The Morgan fingerprint density at radius 1 is 1.14 bits per heavy atom. The van der Waals surface area contributed by atoms with E-state index in [1.165, 1.54) is 43.4 Å². The molecular weight excluding hydrogens is 260 g/mol. The maximum absolute atomic E-state index is 5.78. The SMILES string of the molecule is CCOC1CCCN(Cc2ccc(CNC3CC3)cc2)C1. The predicted molar refractivity (Wildman–Crippen MR) is 86.2 cm³/mol. The van der Waals surface area contributed by atoms with Crippen LogP contribution in [0, 0.1) is 0 Å². The van der Waals surface area contributed by atoms with E-state index in [2.05, 4.69) is 41.4 Å². The Balaban J connectivity index is 1.47. The molecule has 1 heterocycles. The average molecular weight is 288 g/mol. The van der Waals surface area contributed by atoms with Crippen molar-refractivity contribution in [3.8, 4) is 0 Å². The van der Waals surface area contributed by atoms with Gasteiger partial charge >= 0.3 is 0 Å². The van der Waals surface area contributed by atoms with Crippen molar-refractivity contribution in [1.82, 2.24) is 10.2 Å². The Morgan fingerprint density at radius 3 is 2.62 bits per heavy atom. The van der Waals surface area contributed by atoms with E-state index in [1.54, 1.807) is 0 Å². The standard InChI is InChI=1S/C18H28N2O/c1-2-21-18-4-3-11-20(14-18)13-16-7-5-15(6-8-16)12-19-17-9-10-17/h5-8,17-19H,2-4,9-14H2,1H3. The van der Waals surface area contributed by atoms with Crippen molar-refractivity contribution in [3.05, 3.63) is 35.4 Å². The smallest absolute Gasteiger partial charge is 0.0702 e. The second-order valence-corrected chi connectivity index (χ2v) is 6.43. The second kappa shape index (κ2) is 7.39. The van der Waals surface area contributed by atoms with Crippen molar-refractivity contribution in [2.75, 3.05) is 19.7 Å². The average Bonchev–Trinajstić information content (AvgIpc) is 3.32. The van der Waals surface area contributed by atoms with E-state index in [0.29, 0.717) is 6.10 Å². The largest absolute Gasteiger partial charge is 0.377 e. The maximum atomic E-state index is 5.78. The first-order valence-electron chi connectivity index (χ1n) is 8.48. The first kappa shape index (κ1) is 15.0. The zero-order valence-electron chi connectivity index (χ0n) is 13.2. The van der Waals surface area contributed by atoms with Crippen molar-refractivity contribution in [1.29, 1.82) is 0 Å². The summed E-state index contributed by atoms with van der Waals surface area (Å²) in [5.74, 6) is 0. The number of nitrogens with one attached hydrogen (secondary N) is 1. The van der Waals surface area contributed by atoms with Gasteiger partial charge in [0.25, 0.3) is 0 Å². The van der Waals surface area contributed by atoms with Gasteiger partial charge in [-0.25, -0.2) is 0 Å². The molecule has 3 heteroatoms. The number of hydrogen-bond acceptors (Lipinski definition) is 3. The molecule has 1 saturated carbocycles. The molecule has 0 spiro atoms. The van der Waals surface area contributed by atoms with Crippen LogP contribution in [-0.4, -0.2) is 36.7 Å². The monoisotopic (exact) mass is 288 g/mol. The fourth-order valence-corrected chi connectivity index (χ4v) is 3.10. The van der Waals surface area contributed by atoms with Gasteiger partial charge in [0, 0.05) is 32.3 Å². The van der Waals surface area contributed by atoms with Crippen molar-refractivity contribution >= 4 is 0 Å². The summed E-state index contributed by atoms with van der Waals surface area (Å²) >= 11 is 0. The fourth-order valence-electron chi connectivity index (χ4n) is 3.10. The molecule has 0 bridgehead atoms. The van der Waals surface area contributed by atoms with E-state index >= 15 is 0 Å². The first-order valence-corrected chi connectivity index (χ1v) is 8.48. The number of rotatable bonds is 7. The molecular formula is C18H28N2O. The Labute approximate surface area is 128 Å². The minimum absolute atomic E-state index is 0.436. The normalized spacial score (nSPS) is 23.4. The lowest BCUT2D eigenvalue weighted by Crippen LogP contribution is -2.39. The van der Waals surface area contributed by atoms with Crippen LogP contribution in [0.25, 0.3) is 0 Å². The van der Waals surface area contributed by atoms with Gasteiger partial charge < -0.3 is 10.1 Å². The van der Waals surface area contributed by atoms with Gasteiger partial charge in [0.05, 0.1) is 6.10 Å². The predicted octanol–water partition coefficient (Wildman–Crippen LogP) is 2.94. The molecule has 1 aromatic rings. The second-order valence-electron chi connectivity index (χ2n) is 6.43. The molecule has 3 nitrogen and oxygen atoms in total. The molecule has 2 fully saturated rings. The number of benzene rings is 1. The van der Waals surface area contributed by atoms with Gasteiger partial charge in [-0.05, 0) is 50.3 Å². The number of nitrogens with zero attached hydrogens (tertiary/aromatic N) is 1. The molecule has 1 N–H and O–H groups in total. The molecule has 0 amide bonds. The Hall–Kier alpha value is -0.900. The lowest BCUT2D eigenvalue weighted by molar-refractivity contribution is 0.00363. The molecule has 2 aliphatic rings. The first-order chi connectivity index (χ1) is 10.3. The fraction of sp³-hybridized carbons (Fsp3) is 0.667. The van der Waals surface area contributed by atoms with Crippen molar-refractivity contribution in [2.24, 2.45) is 0 Å². The van der Waals surface area contributed by atoms with Crippen LogP contribution in [0.4, 0.5) is 0 Å². The highest BCUT2D eigenvalue weighted by Crippen LogP contribution is 2.20. The molecule has 3 rings (SSSR count). The minimum Gasteiger partial charge on any atom is -0.377 e. The minimum atomic E-state index is 0.436. The molecule has 1 atom stereocenters. The Bertz CT molecular complexity index is 425. The lowest BCUT2D eigenvalue weighted by atomic mass is 10.1. The molecule has 116 valence electrons. The number of hydrogen-bond donors (Lipinski definition) is 1. The van der Waals surface area contributed by atoms with Crippen LogP contribution in [-0.2, 0) is 17.8 Å². The van der Waals surface area contributed by atoms with E-state index in [9.17, 15) is 0 Å². The molecule has 1 aromatic carbocycles. The summed E-state index contributed by atoms with van der Waals surface area (Å²) in [7, 11) is 0. The van der Waals surface area contributed by atoms with Gasteiger partial charge in [-0.1, -0.05) is 24.3 Å². The van der Waals surface area contributed by atoms with Crippen LogP contribution in [0.3, 0.4) is 0 Å². The number of piperidine rings is 1. The van der Waals surface area contributed by atoms with Gasteiger partial charge in [0.1, 0.15) is 0 Å². The Kier molecular flexibility index (Phi) is 5.28. The summed E-state index contributed by atoms with van der Waals surface area (Å²) in [6.45, 7) is 7.28. The molecule has 1 aliphatic heterocycles. The van der Waals surface area contributed by atoms with Gasteiger partial charge in [0.2, 0.25) is 0 Å². The molecule has 1 saturated heterocycles. The molecule has 0 aromatic heterocycles. The van der Waals surface area contributed by atoms with E-state index in [0.717, 1.165) is 32.3 Å². The van der Waals surface area contributed by atoms with Crippen molar-refractivity contribution in [3.63, 3.8) is 0 Å². The summed E-state index contributed by atoms with van der Waals surface area (Å²) in [6, 6.07) is 9.90. The van der Waals surface area contributed by atoms with Crippen LogP contribution >= 0.6 is 0 Å². The van der Waals surface area contributed by atoms with E-state index in [4.69, 9.17) is 4.74 Å². The third kappa shape index (κ3) is 4.80. The number of likely N-dealkylation sites (tertiary alicyclic amines) is 1. The van der Waals surface area contributed by atoms with E-state index in [-0.39, 0.29) is 0 Å². The van der Waals surface area contributed by atoms with Gasteiger partial charge in [-0.15, -0.1) is 0 Å². The van der Waals surface area contributed by atoms with Gasteiger partial charge in [0.15, 0.2) is 0 Å². The highest BCUT2D eigenvalue weighted by Gasteiger charge is 2.21. The highest BCUT2D eigenvalue weighted by molar-refractivity contribution is 5.22. The Morgan fingerprint density at radius 2 is 1.90 bits per heavy atom. The van der Waals surface area contributed by atoms with Crippen LogP contribution < -0.4 is 5.32 Å². The summed E-state index contributed by atoms with van der Waals surface area (Å²) in [5.41, 5.74) is 2.82. The van der Waals surface area contributed by atoms with E-state index in [1.807, 2.05) is 0 Å². The van der Waals surface area contributed by atoms with Gasteiger partial charge in [-0.2, -0.15) is 0 Å². The van der Waals surface area contributed by atoms with Crippen molar-refractivity contribution < 1.29 is 4.74 Å². The lowest BCUT2D eigenvalue weighted by Gasteiger charge is -2.32. The van der Waals surface area contributed by atoms with Crippen LogP contribution in [0.5, 0.6) is 0 Å². The summed E-state index contributed by atoms with van der Waals surface area (Å²) in [4.78, 5) is 2.53. The summed E-state index contributed by atoms with van der Waals surface area (Å²) in [6.07, 6.45) is 5.62. The van der Waals surface area contributed by atoms with Crippen LogP contribution in [0.1, 0.15) is 43.7 Å². The third-order valence-electron chi connectivity index (χ3n) is 4.47. The zero-order chi connectivity index (χ0) is 14.5. The third-order valence-corrected chi connectivity index (χ3v) is 4.47. The van der Waals surface area contributed by atoms with Gasteiger partial charge in [-0.3, -0.25) is 4.90 Å². The summed E-state index contributed by atoms with van der Waals surface area (Å²) < 4.78 is 5.78. The quantitative estimate of drug-likeness (QED) is 0.835. The van der Waals surface area contributed by atoms with E-state index < -0.39 is 0 Å². The molecule has 1 unspecified atom stereocenters. The van der Waals surface area contributed by atoms with Crippen LogP contribution in [0.15, 0.2) is 24.3 Å². The maximum Gasteiger partial charge on any atom is 0.0702 e. The summed E-state index contributed by atoms with van der Waals surface area (Å²) in [5, 5.41) is 3.57. The topological polar surface area (TPSA) is 24.5 Å². The zero-order valence-corrected chi connectivity index (χ0v) is 13.2. The van der Waals surface area contributed by atoms with Crippen LogP contribution in [0.2, 0.25) is 0 Å². The molecule has 0 radical (unpaired) electrons. The van der Waals surface area contributed by atoms with Crippen molar-refractivity contribution in [2.45, 2.75) is 57.8 Å². The highest BCUT2D eigenvalue weighted by atomic mass is 16.5. The molecule has 1 aliphatic carbocycles.